The number of hydrogen-bond donors (Lipinski definition) is 4. The highest BCUT2D eigenvalue weighted by molar-refractivity contribution is 4.79. The average Bonchev–Trinajstić information content (AvgIpc) is 1.92. The molecule has 0 bridgehead atoms. The van der Waals surface area contributed by atoms with Crippen molar-refractivity contribution in [1.82, 2.24) is 0 Å². The van der Waals surface area contributed by atoms with Crippen LogP contribution >= 0.6 is 0 Å². The Labute approximate surface area is 61.9 Å². The molecule has 4 nitrogen and oxygen atoms in total. The third kappa shape index (κ3) is 3.79. The van der Waals surface area contributed by atoms with Gasteiger partial charge in [0.05, 0.1) is 5.66 Å². The molecule has 10 heavy (non-hydrogen) atoms. The summed E-state index contributed by atoms with van der Waals surface area (Å²) >= 11 is 0. The van der Waals surface area contributed by atoms with Gasteiger partial charge in [-0.05, 0) is 12.8 Å². The van der Waals surface area contributed by atoms with E-state index < -0.39 is 0 Å². The molecular formula is C6H18N4. The zero-order valence-electron chi connectivity index (χ0n) is 6.34. The average molecular weight is 146 g/mol. The number of nitrogens with two attached hydrogens (primary N) is 4. The lowest BCUT2D eigenvalue weighted by molar-refractivity contribution is 0.306. The largest absolute Gasteiger partial charge is 0.313 e. The van der Waals surface area contributed by atoms with Crippen molar-refractivity contribution in [3.8, 4) is 0 Å². The Morgan fingerprint density at radius 3 is 1.40 bits per heavy atom. The highest BCUT2D eigenvalue weighted by Gasteiger charge is 2.21. The molecule has 0 atom stereocenters. The van der Waals surface area contributed by atoms with Crippen molar-refractivity contribution in [2.75, 3.05) is 0 Å². The molecule has 1 aliphatic rings. The van der Waals surface area contributed by atoms with E-state index in [9.17, 15) is 0 Å². The lowest BCUT2D eigenvalue weighted by atomic mass is 9.91. The fraction of sp³-hybridized carbons (Fsp3) is 1.00. The molecule has 0 amide bonds. The van der Waals surface area contributed by atoms with Crippen LogP contribution in [0.5, 0.6) is 0 Å². The first-order chi connectivity index (χ1) is 4.71. The van der Waals surface area contributed by atoms with E-state index in [-0.39, 0.29) is 5.66 Å². The molecule has 0 aromatic heterocycles. The van der Waals surface area contributed by atoms with Crippen LogP contribution in [0, 0.1) is 0 Å². The lowest BCUT2D eigenvalue weighted by Gasteiger charge is -2.28. The Bertz CT molecular complexity index is 73.8. The van der Waals surface area contributed by atoms with E-state index in [1.54, 1.807) is 0 Å². The molecule has 8 N–H and O–H groups in total. The van der Waals surface area contributed by atoms with E-state index in [4.69, 9.17) is 11.5 Å². The van der Waals surface area contributed by atoms with Crippen LogP contribution in [0.2, 0.25) is 0 Å². The normalized spacial score (nSPS) is 22.8. The van der Waals surface area contributed by atoms with Gasteiger partial charge in [0.2, 0.25) is 0 Å². The molecule has 0 spiro atoms. The molecule has 1 aliphatic carbocycles. The summed E-state index contributed by atoms with van der Waals surface area (Å²) in [6.45, 7) is 0. The van der Waals surface area contributed by atoms with E-state index >= 15 is 0 Å². The van der Waals surface area contributed by atoms with Crippen molar-refractivity contribution in [3.63, 3.8) is 0 Å². The smallest absolute Gasteiger partial charge is 0.0636 e. The molecule has 0 aliphatic heterocycles. The van der Waals surface area contributed by atoms with Crippen LogP contribution in [-0.2, 0) is 0 Å². The van der Waals surface area contributed by atoms with Crippen LogP contribution in [0.25, 0.3) is 0 Å². The Morgan fingerprint density at radius 2 is 1.20 bits per heavy atom. The molecule has 0 saturated heterocycles. The van der Waals surface area contributed by atoms with Gasteiger partial charge in [0, 0.05) is 0 Å². The summed E-state index contributed by atoms with van der Waals surface area (Å²) in [6.07, 6.45) is 5.76. The second-order valence-corrected chi connectivity index (χ2v) is 2.79. The van der Waals surface area contributed by atoms with Gasteiger partial charge in [-0.3, -0.25) is 11.7 Å². The summed E-state index contributed by atoms with van der Waals surface area (Å²) in [5.74, 6) is 8.00. The molecule has 0 aromatic carbocycles. The third-order valence-corrected chi connectivity index (χ3v) is 1.78. The van der Waals surface area contributed by atoms with Gasteiger partial charge >= 0.3 is 0 Å². The van der Waals surface area contributed by atoms with Gasteiger partial charge in [0.1, 0.15) is 0 Å². The summed E-state index contributed by atoms with van der Waals surface area (Å²) in [5.41, 5.74) is 11.0. The standard InChI is InChI=1S/C6H14N2.H4N2/c7-6(8)4-2-1-3-5-6;1-2/h1-5,7-8H2;1-2H2. The highest BCUT2D eigenvalue weighted by atomic mass is 15.0. The van der Waals surface area contributed by atoms with E-state index in [0.29, 0.717) is 0 Å². The zero-order chi connectivity index (χ0) is 8.04. The van der Waals surface area contributed by atoms with E-state index in [0.717, 1.165) is 12.8 Å². The van der Waals surface area contributed by atoms with Gasteiger partial charge in [-0.2, -0.15) is 0 Å². The van der Waals surface area contributed by atoms with Gasteiger partial charge in [0.25, 0.3) is 0 Å². The minimum absolute atomic E-state index is 0.321. The topological polar surface area (TPSA) is 104 Å². The highest BCUT2D eigenvalue weighted by Crippen LogP contribution is 2.20. The number of hydrogen-bond acceptors (Lipinski definition) is 4. The van der Waals surface area contributed by atoms with Crippen molar-refractivity contribution >= 4 is 0 Å². The summed E-state index contributed by atoms with van der Waals surface area (Å²) in [7, 11) is 0. The van der Waals surface area contributed by atoms with Crippen molar-refractivity contribution in [2.24, 2.45) is 23.2 Å². The molecule has 4 heteroatoms. The first-order valence-corrected chi connectivity index (χ1v) is 3.62. The van der Waals surface area contributed by atoms with Crippen LogP contribution in [0.3, 0.4) is 0 Å². The maximum Gasteiger partial charge on any atom is 0.0636 e. The Kier molecular flexibility index (Phi) is 4.55. The molecule has 1 rings (SSSR count). The monoisotopic (exact) mass is 146 g/mol. The minimum atomic E-state index is -0.321. The molecule has 1 fully saturated rings. The molecule has 0 unspecified atom stereocenters. The summed E-state index contributed by atoms with van der Waals surface area (Å²) < 4.78 is 0. The fourth-order valence-corrected chi connectivity index (χ4v) is 1.21. The van der Waals surface area contributed by atoms with Crippen LogP contribution < -0.4 is 23.2 Å². The fourth-order valence-electron chi connectivity index (χ4n) is 1.21. The maximum atomic E-state index is 5.66. The molecule has 1 saturated carbocycles. The Morgan fingerprint density at radius 1 is 0.800 bits per heavy atom. The van der Waals surface area contributed by atoms with Gasteiger partial charge in [-0.25, -0.2) is 0 Å². The summed E-state index contributed by atoms with van der Waals surface area (Å²) in [4.78, 5) is 0. The summed E-state index contributed by atoms with van der Waals surface area (Å²) in [6, 6.07) is 0. The van der Waals surface area contributed by atoms with Gasteiger partial charge < -0.3 is 11.5 Å². The molecule has 0 aromatic rings. The molecule has 0 radical (unpaired) electrons. The van der Waals surface area contributed by atoms with Crippen molar-refractivity contribution in [2.45, 2.75) is 37.8 Å². The Balaban J connectivity index is 0.000000371. The first-order valence-electron chi connectivity index (χ1n) is 3.62. The second-order valence-electron chi connectivity index (χ2n) is 2.79. The van der Waals surface area contributed by atoms with E-state index in [1.165, 1.54) is 19.3 Å². The summed E-state index contributed by atoms with van der Waals surface area (Å²) in [5, 5.41) is 0. The predicted octanol–water partition coefficient (Wildman–Crippen LogP) is -0.617. The molecule has 0 heterocycles. The predicted molar refractivity (Wildman–Crippen MR) is 42.6 cm³/mol. The van der Waals surface area contributed by atoms with Crippen LogP contribution in [0.1, 0.15) is 32.1 Å². The maximum absolute atomic E-state index is 5.66. The number of hydrazine groups is 1. The van der Waals surface area contributed by atoms with E-state index in [2.05, 4.69) is 11.7 Å². The van der Waals surface area contributed by atoms with E-state index in [1.807, 2.05) is 0 Å². The quantitative estimate of drug-likeness (QED) is 0.208. The Hall–Kier alpha value is -0.160. The van der Waals surface area contributed by atoms with Gasteiger partial charge in [-0.15, -0.1) is 0 Å². The van der Waals surface area contributed by atoms with Crippen LogP contribution in [-0.4, -0.2) is 5.66 Å². The molecular weight excluding hydrogens is 128 g/mol. The van der Waals surface area contributed by atoms with Crippen LogP contribution in [0.15, 0.2) is 0 Å². The van der Waals surface area contributed by atoms with Crippen LogP contribution in [0.4, 0.5) is 0 Å². The number of rotatable bonds is 0. The third-order valence-electron chi connectivity index (χ3n) is 1.78. The SMILES string of the molecule is NC1(N)CCCCC1.NN. The zero-order valence-corrected chi connectivity index (χ0v) is 6.34. The van der Waals surface area contributed by atoms with Gasteiger partial charge in [0.15, 0.2) is 0 Å². The second kappa shape index (κ2) is 4.62. The van der Waals surface area contributed by atoms with Crippen molar-refractivity contribution in [3.05, 3.63) is 0 Å². The van der Waals surface area contributed by atoms with Crippen molar-refractivity contribution < 1.29 is 0 Å². The first kappa shape index (κ1) is 9.84. The van der Waals surface area contributed by atoms with Gasteiger partial charge in [-0.1, -0.05) is 19.3 Å². The van der Waals surface area contributed by atoms with Crippen molar-refractivity contribution in [1.29, 1.82) is 0 Å². The minimum Gasteiger partial charge on any atom is -0.313 e. The lowest BCUT2D eigenvalue weighted by Crippen LogP contribution is -2.50. The molecule has 62 valence electrons.